The fourth-order valence-corrected chi connectivity index (χ4v) is 2.91. The van der Waals surface area contributed by atoms with Gasteiger partial charge in [-0.1, -0.05) is 48.0 Å². The molecule has 29 heavy (non-hydrogen) atoms. The Kier molecular flexibility index (Phi) is 8.41. The molecule has 0 atom stereocenters. The minimum absolute atomic E-state index is 0.0436. The fourth-order valence-electron chi connectivity index (χ4n) is 2.38. The highest BCUT2D eigenvalue weighted by Crippen LogP contribution is 2.32. The number of nitrogens with one attached hydrogen (secondary N) is 4. The molecule has 0 aliphatic heterocycles. The molecule has 7 nitrogen and oxygen atoms in total. The van der Waals surface area contributed by atoms with E-state index in [1.54, 1.807) is 24.3 Å². The van der Waals surface area contributed by atoms with E-state index in [1.807, 2.05) is 25.1 Å². The van der Waals surface area contributed by atoms with Gasteiger partial charge in [0.1, 0.15) is 5.75 Å². The van der Waals surface area contributed by atoms with Crippen LogP contribution in [0.2, 0.25) is 0 Å². The SMILES string of the molecule is Cc1cc(OCC(=O)NC(=S)NNC(=O)Nc2ccccc2)c(C(C)C)cc1Br. The first kappa shape index (κ1) is 22.6. The molecule has 0 aromatic heterocycles. The second kappa shape index (κ2) is 10.8. The largest absolute Gasteiger partial charge is 0.483 e. The number of anilines is 1. The maximum atomic E-state index is 12.1. The van der Waals surface area contributed by atoms with Crippen LogP contribution in [0.1, 0.15) is 30.9 Å². The van der Waals surface area contributed by atoms with E-state index < -0.39 is 11.9 Å². The first-order valence-electron chi connectivity index (χ1n) is 8.91. The topological polar surface area (TPSA) is 91.5 Å². The molecule has 2 aromatic rings. The first-order chi connectivity index (χ1) is 13.8. The predicted molar refractivity (Wildman–Crippen MR) is 121 cm³/mol. The summed E-state index contributed by atoms with van der Waals surface area (Å²) in [5.74, 6) is 0.443. The van der Waals surface area contributed by atoms with Gasteiger partial charge in [-0.2, -0.15) is 0 Å². The standard InChI is InChI=1S/C20H23BrN4O3S/c1-12(2)15-10-16(21)13(3)9-17(15)28-11-18(26)23-20(29)25-24-19(27)22-14-7-5-4-6-8-14/h4-10,12H,11H2,1-3H3,(H2,22,24,27)(H2,23,25,26,29). The van der Waals surface area contributed by atoms with Gasteiger partial charge in [-0.05, 0) is 60.5 Å². The Morgan fingerprint density at radius 1 is 1.14 bits per heavy atom. The van der Waals surface area contributed by atoms with E-state index in [1.165, 1.54) is 0 Å². The fraction of sp³-hybridized carbons (Fsp3) is 0.250. The second-order valence-electron chi connectivity index (χ2n) is 6.53. The van der Waals surface area contributed by atoms with Crippen LogP contribution in [0.4, 0.5) is 10.5 Å². The number of amides is 3. The molecule has 0 aliphatic rings. The number of aryl methyl sites for hydroxylation is 1. The van der Waals surface area contributed by atoms with E-state index in [-0.39, 0.29) is 17.6 Å². The number of rotatable bonds is 5. The smallest absolute Gasteiger partial charge is 0.337 e. The zero-order valence-electron chi connectivity index (χ0n) is 16.3. The molecule has 0 aliphatic carbocycles. The van der Waals surface area contributed by atoms with Crippen LogP contribution < -0.4 is 26.2 Å². The summed E-state index contributed by atoms with van der Waals surface area (Å²) < 4.78 is 6.67. The summed E-state index contributed by atoms with van der Waals surface area (Å²) >= 11 is 8.51. The Bertz CT molecular complexity index is 891. The average molecular weight is 479 g/mol. The molecule has 0 radical (unpaired) electrons. The van der Waals surface area contributed by atoms with E-state index in [4.69, 9.17) is 17.0 Å². The summed E-state index contributed by atoms with van der Waals surface area (Å²) in [6.45, 7) is 5.84. The lowest BCUT2D eigenvalue weighted by Crippen LogP contribution is -2.50. The minimum Gasteiger partial charge on any atom is -0.483 e. The number of hydrogen-bond acceptors (Lipinski definition) is 4. The van der Waals surface area contributed by atoms with Crippen molar-refractivity contribution in [1.82, 2.24) is 16.2 Å². The second-order valence-corrected chi connectivity index (χ2v) is 7.79. The van der Waals surface area contributed by atoms with Crippen LogP contribution in [0.15, 0.2) is 46.9 Å². The van der Waals surface area contributed by atoms with Gasteiger partial charge in [0.25, 0.3) is 5.91 Å². The molecular weight excluding hydrogens is 456 g/mol. The van der Waals surface area contributed by atoms with Crippen LogP contribution >= 0.6 is 28.1 Å². The molecular formula is C20H23BrN4O3S. The normalized spacial score (nSPS) is 10.2. The monoisotopic (exact) mass is 478 g/mol. The van der Waals surface area contributed by atoms with Crippen molar-refractivity contribution in [1.29, 1.82) is 0 Å². The van der Waals surface area contributed by atoms with E-state index in [0.717, 1.165) is 15.6 Å². The Balaban J connectivity index is 1.80. The summed E-state index contributed by atoms with van der Waals surface area (Å²) in [5.41, 5.74) is 7.43. The van der Waals surface area contributed by atoms with Crippen LogP contribution in [0.25, 0.3) is 0 Å². The van der Waals surface area contributed by atoms with Gasteiger partial charge in [0.05, 0.1) is 0 Å². The van der Waals surface area contributed by atoms with Crippen molar-refractivity contribution in [2.75, 3.05) is 11.9 Å². The Morgan fingerprint density at radius 2 is 1.83 bits per heavy atom. The summed E-state index contributed by atoms with van der Waals surface area (Å²) in [6.07, 6.45) is 0. The predicted octanol–water partition coefficient (Wildman–Crippen LogP) is 3.99. The minimum atomic E-state index is -0.518. The van der Waals surface area contributed by atoms with E-state index in [2.05, 4.69) is 51.3 Å². The number of carbonyl (C=O) groups is 2. The Morgan fingerprint density at radius 3 is 2.48 bits per heavy atom. The van der Waals surface area contributed by atoms with Crippen molar-refractivity contribution < 1.29 is 14.3 Å². The molecule has 0 saturated heterocycles. The number of thiocarbonyl (C=S) groups is 1. The number of urea groups is 1. The number of carbonyl (C=O) groups excluding carboxylic acids is 2. The van der Waals surface area contributed by atoms with Crippen LogP contribution in [0.3, 0.4) is 0 Å². The van der Waals surface area contributed by atoms with Gasteiger partial charge in [-0.3, -0.25) is 15.5 Å². The molecule has 154 valence electrons. The van der Waals surface area contributed by atoms with Crippen molar-refractivity contribution in [2.45, 2.75) is 26.7 Å². The molecule has 0 saturated carbocycles. The lowest BCUT2D eigenvalue weighted by Gasteiger charge is -2.16. The molecule has 2 rings (SSSR count). The van der Waals surface area contributed by atoms with Crippen LogP contribution in [0, 0.1) is 6.92 Å². The molecule has 9 heteroatoms. The van der Waals surface area contributed by atoms with Crippen molar-refractivity contribution in [3.63, 3.8) is 0 Å². The lowest BCUT2D eigenvalue weighted by atomic mass is 10.0. The Labute approximate surface area is 183 Å². The zero-order chi connectivity index (χ0) is 21.4. The molecule has 4 N–H and O–H groups in total. The zero-order valence-corrected chi connectivity index (χ0v) is 18.7. The highest BCUT2D eigenvalue weighted by Gasteiger charge is 2.13. The molecule has 2 aromatic carbocycles. The van der Waals surface area contributed by atoms with Crippen LogP contribution in [0.5, 0.6) is 5.75 Å². The number of ether oxygens (including phenoxy) is 1. The van der Waals surface area contributed by atoms with E-state index in [0.29, 0.717) is 11.4 Å². The van der Waals surface area contributed by atoms with Crippen LogP contribution in [-0.2, 0) is 4.79 Å². The van der Waals surface area contributed by atoms with Crippen molar-refractivity contribution in [3.8, 4) is 5.75 Å². The number of hydrogen-bond donors (Lipinski definition) is 4. The highest BCUT2D eigenvalue weighted by molar-refractivity contribution is 9.10. The van der Waals surface area contributed by atoms with Gasteiger partial charge in [0.2, 0.25) is 0 Å². The van der Waals surface area contributed by atoms with Crippen LogP contribution in [-0.4, -0.2) is 23.7 Å². The third kappa shape index (κ3) is 7.35. The highest BCUT2D eigenvalue weighted by atomic mass is 79.9. The summed E-state index contributed by atoms with van der Waals surface area (Å²) in [4.78, 5) is 23.9. The van der Waals surface area contributed by atoms with Crippen molar-refractivity contribution in [3.05, 3.63) is 58.1 Å². The number of hydrazine groups is 1. The third-order valence-electron chi connectivity index (χ3n) is 3.85. The molecule has 0 spiro atoms. The van der Waals surface area contributed by atoms with Gasteiger partial charge < -0.3 is 10.1 Å². The molecule has 0 heterocycles. The Hall–Kier alpha value is -2.65. The van der Waals surface area contributed by atoms with Gasteiger partial charge in [-0.25, -0.2) is 10.2 Å². The number of para-hydroxylation sites is 1. The molecule has 3 amide bonds. The summed E-state index contributed by atoms with van der Waals surface area (Å²) in [5, 5.41) is 5.02. The van der Waals surface area contributed by atoms with Crippen molar-refractivity contribution in [2.24, 2.45) is 0 Å². The molecule has 0 fully saturated rings. The quantitative estimate of drug-likeness (QED) is 0.385. The van der Waals surface area contributed by atoms with Crippen molar-refractivity contribution >= 4 is 50.9 Å². The number of halogens is 1. The number of benzene rings is 2. The van der Waals surface area contributed by atoms with Gasteiger partial charge in [-0.15, -0.1) is 0 Å². The average Bonchev–Trinajstić information content (AvgIpc) is 2.67. The lowest BCUT2D eigenvalue weighted by molar-refractivity contribution is -0.121. The maximum absolute atomic E-state index is 12.1. The van der Waals surface area contributed by atoms with Gasteiger partial charge >= 0.3 is 6.03 Å². The molecule has 0 unspecified atom stereocenters. The van der Waals surface area contributed by atoms with Gasteiger partial charge in [0.15, 0.2) is 11.7 Å². The molecule has 0 bridgehead atoms. The van der Waals surface area contributed by atoms with E-state index in [9.17, 15) is 9.59 Å². The maximum Gasteiger partial charge on any atom is 0.337 e. The first-order valence-corrected chi connectivity index (χ1v) is 10.1. The third-order valence-corrected chi connectivity index (χ3v) is 4.90. The summed E-state index contributed by atoms with van der Waals surface area (Å²) in [7, 11) is 0. The van der Waals surface area contributed by atoms with Gasteiger partial charge in [0, 0.05) is 10.2 Å². The van der Waals surface area contributed by atoms with E-state index >= 15 is 0 Å². The summed E-state index contributed by atoms with van der Waals surface area (Å²) in [6, 6.07) is 12.3.